The smallest absolute Gasteiger partial charge is 0.256 e. The summed E-state index contributed by atoms with van der Waals surface area (Å²) in [4.78, 5) is 20.9. The number of carbonyl (C=O) groups excluding carboxylic acids is 1. The minimum Gasteiger partial charge on any atom is -0.336 e. The molecule has 3 aromatic rings. The fourth-order valence-corrected chi connectivity index (χ4v) is 4.13. The average molecular weight is 373 g/mol. The fourth-order valence-electron chi connectivity index (χ4n) is 3.12. The van der Waals surface area contributed by atoms with Crippen LogP contribution < -0.4 is 0 Å². The zero-order valence-corrected chi connectivity index (χ0v) is 14.8. The summed E-state index contributed by atoms with van der Waals surface area (Å²) < 4.78 is 28.0. The average Bonchev–Trinajstić information content (AvgIpc) is 3.04. The van der Waals surface area contributed by atoms with Gasteiger partial charge in [0.2, 0.25) is 0 Å². The van der Waals surface area contributed by atoms with Gasteiger partial charge in [-0.3, -0.25) is 9.69 Å². The van der Waals surface area contributed by atoms with Gasteiger partial charge in [-0.15, -0.1) is 11.3 Å². The van der Waals surface area contributed by atoms with Gasteiger partial charge in [-0.25, -0.2) is 13.8 Å². The molecule has 1 aliphatic rings. The molecule has 0 radical (unpaired) electrons. The Bertz CT molecular complexity index is 918. The first-order valence-corrected chi connectivity index (χ1v) is 9.23. The number of thiazole rings is 1. The number of aromatic nitrogens is 1. The number of piperazine rings is 1. The lowest BCUT2D eigenvalue weighted by Gasteiger charge is -2.34. The highest BCUT2D eigenvalue weighted by Gasteiger charge is 2.24. The molecule has 2 heterocycles. The van der Waals surface area contributed by atoms with Crippen molar-refractivity contribution in [1.82, 2.24) is 14.8 Å². The molecular formula is C19H17F2N3OS. The molecule has 0 atom stereocenters. The largest absolute Gasteiger partial charge is 0.336 e. The molecule has 0 unspecified atom stereocenters. The van der Waals surface area contributed by atoms with E-state index in [2.05, 4.69) is 16.0 Å². The summed E-state index contributed by atoms with van der Waals surface area (Å²) in [6.07, 6.45) is 0. The van der Waals surface area contributed by atoms with E-state index in [1.165, 1.54) is 10.8 Å². The molecule has 1 saturated heterocycles. The normalized spacial score (nSPS) is 15.5. The van der Waals surface area contributed by atoms with Crippen LogP contribution in [0.25, 0.3) is 10.2 Å². The lowest BCUT2D eigenvalue weighted by molar-refractivity contribution is 0.0624. The number of hydrogen-bond donors (Lipinski definition) is 0. The number of fused-ring (bicyclic) bond motifs is 1. The fraction of sp³-hybridized carbons (Fsp3) is 0.263. The van der Waals surface area contributed by atoms with Crippen LogP contribution in [-0.4, -0.2) is 46.9 Å². The van der Waals surface area contributed by atoms with Crippen molar-refractivity contribution in [2.24, 2.45) is 0 Å². The van der Waals surface area contributed by atoms with Crippen molar-refractivity contribution in [2.45, 2.75) is 6.54 Å². The van der Waals surface area contributed by atoms with Gasteiger partial charge in [-0.05, 0) is 24.3 Å². The number of hydrogen-bond acceptors (Lipinski definition) is 4. The summed E-state index contributed by atoms with van der Waals surface area (Å²) in [5.41, 5.74) is 0.930. The summed E-state index contributed by atoms with van der Waals surface area (Å²) in [7, 11) is 0. The number of carbonyl (C=O) groups is 1. The van der Waals surface area contributed by atoms with Gasteiger partial charge in [0.1, 0.15) is 16.6 Å². The Morgan fingerprint density at radius 3 is 2.58 bits per heavy atom. The van der Waals surface area contributed by atoms with Crippen LogP contribution in [0.15, 0.2) is 42.5 Å². The number of para-hydroxylation sites is 1. The monoisotopic (exact) mass is 373 g/mol. The summed E-state index contributed by atoms with van der Waals surface area (Å²) in [6.45, 7) is 3.17. The Hall–Kier alpha value is -2.38. The van der Waals surface area contributed by atoms with Gasteiger partial charge in [0.15, 0.2) is 0 Å². The van der Waals surface area contributed by atoms with Crippen molar-refractivity contribution in [3.8, 4) is 0 Å². The van der Waals surface area contributed by atoms with E-state index in [-0.39, 0.29) is 11.5 Å². The Labute approximate surface area is 153 Å². The van der Waals surface area contributed by atoms with Gasteiger partial charge in [0.05, 0.1) is 22.3 Å². The van der Waals surface area contributed by atoms with E-state index < -0.39 is 11.6 Å². The van der Waals surface area contributed by atoms with Crippen LogP contribution in [0.5, 0.6) is 0 Å². The molecule has 26 heavy (non-hydrogen) atoms. The van der Waals surface area contributed by atoms with E-state index in [4.69, 9.17) is 0 Å². The molecule has 0 aliphatic carbocycles. The Morgan fingerprint density at radius 2 is 1.85 bits per heavy atom. The Kier molecular flexibility index (Phi) is 4.65. The van der Waals surface area contributed by atoms with Crippen LogP contribution in [0.3, 0.4) is 0 Å². The summed E-state index contributed by atoms with van der Waals surface area (Å²) in [6, 6.07) is 11.1. The van der Waals surface area contributed by atoms with Crippen molar-refractivity contribution in [3.05, 3.63) is 64.7 Å². The zero-order chi connectivity index (χ0) is 18.1. The molecule has 1 aromatic heterocycles. The third kappa shape index (κ3) is 3.45. The molecule has 4 rings (SSSR count). The standard InChI is InChI=1S/C19H17F2N3OS/c20-13-5-6-14(15(21)11-13)19(25)24-9-7-23(8-10-24)12-18-22-16-3-1-2-4-17(16)26-18/h1-6,11H,7-10,12H2. The van der Waals surface area contributed by atoms with E-state index in [1.54, 1.807) is 16.2 Å². The van der Waals surface area contributed by atoms with E-state index >= 15 is 0 Å². The summed E-state index contributed by atoms with van der Waals surface area (Å²) in [5.74, 6) is -1.88. The van der Waals surface area contributed by atoms with Crippen LogP contribution in [0.2, 0.25) is 0 Å². The van der Waals surface area contributed by atoms with Crippen molar-refractivity contribution < 1.29 is 13.6 Å². The van der Waals surface area contributed by atoms with Crippen molar-refractivity contribution in [1.29, 1.82) is 0 Å². The number of halogens is 2. The number of benzene rings is 2. The molecule has 0 spiro atoms. The van der Waals surface area contributed by atoms with Gasteiger partial charge in [-0.1, -0.05) is 12.1 Å². The van der Waals surface area contributed by atoms with E-state index in [0.717, 1.165) is 29.2 Å². The predicted molar refractivity (Wildman–Crippen MR) is 97.2 cm³/mol. The van der Waals surface area contributed by atoms with E-state index in [1.807, 2.05) is 18.2 Å². The molecule has 134 valence electrons. The second-order valence-electron chi connectivity index (χ2n) is 6.27. The van der Waals surface area contributed by atoms with Gasteiger partial charge in [0, 0.05) is 32.2 Å². The van der Waals surface area contributed by atoms with Gasteiger partial charge in [-0.2, -0.15) is 0 Å². The number of nitrogens with zero attached hydrogens (tertiary/aromatic N) is 3. The third-order valence-corrected chi connectivity index (χ3v) is 5.54. The molecule has 0 bridgehead atoms. The second kappa shape index (κ2) is 7.09. The van der Waals surface area contributed by atoms with Gasteiger partial charge in [0.25, 0.3) is 5.91 Å². The Morgan fingerprint density at radius 1 is 1.08 bits per heavy atom. The predicted octanol–water partition coefficient (Wildman–Crippen LogP) is 3.53. The quantitative estimate of drug-likeness (QED) is 0.705. The van der Waals surface area contributed by atoms with Gasteiger partial charge < -0.3 is 4.90 Å². The van der Waals surface area contributed by atoms with Crippen molar-refractivity contribution >= 4 is 27.5 Å². The second-order valence-corrected chi connectivity index (χ2v) is 7.38. The van der Waals surface area contributed by atoms with Crippen LogP contribution in [-0.2, 0) is 6.54 Å². The highest BCUT2D eigenvalue weighted by molar-refractivity contribution is 7.18. The SMILES string of the molecule is O=C(c1ccc(F)cc1F)N1CCN(Cc2nc3ccccc3s2)CC1. The molecule has 0 N–H and O–H groups in total. The summed E-state index contributed by atoms with van der Waals surface area (Å²) in [5, 5.41) is 1.05. The zero-order valence-electron chi connectivity index (χ0n) is 14.0. The number of rotatable bonds is 3. The summed E-state index contributed by atoms with van der Waals surface area (Å²) >= 11 is 1.68. The molecule has 1 fully saturated rings. The molecule has 1 aliphatic heterocycles. The molecule has 0 saturated carbocycles. The van der Waals surface area contributed by atoms with E-state index in [9.17, 15) is 13.6 Å². The van der Waals surface area contributed by atoms with Gasteiger partial charge >= 0.3 is 0 Å². The van der Waals surface area contributed by atoms with Crippen molar-refractivity contribution in [2.75, 3.05) is 26.2 Å². The van der Waals surface area contributed by atoms with E-state index in [0.29, 0.717) is 26.2 Å². The lowest BCUT2D eigenvalue weighted by atomic mass is 10.1. The first-order valence-electron chi connectivity index (χ1n) is 8.41. The number of amides is 1. The molecule has 1 amide bonds. The Balaban J connectivity index is 1.38. The molecule has 2 aromatic carbocycles. The lowest BCUT2D eigenvalue weighted by Crippen LogP contribution is -2.48. The minimum absolute atomic E-state index is 0.0778. The maximum atomic E-state index is 13.8. The highest BCUT2D eigenvalue weighted by Crippen LogP contribution is 2.23. The maximum Gasteiger partial charge on any atom is 0.256 e. The first kappa shape index (κ1) is 17.1. The van der Waals surface area contributed by atoms with Crippen LogP contribution in [0.4, 0.5) is 8.78 Å². The van der Waals surface area contributed by atoms with Crippen LogP contribution in [0.1, 0.15) is 15.4 Å². The highest BCUT2D eigenvalue weighted by atomic mass is 32.1. The van der Waals surface area contributed by atoms with Crippen LogP contribution >= 0.6 is 11.3 Å². The van der Waals surface area contributed by atoms with Crippen LogP contribution in [0, 0.1) is 11.6 Å². The maximum absolute atomic E-state index is 13.8. The third-order valence-electron chi connectivity index (χ3n) is 4.52. The van der Waals surface area contributed by atoms with Crippen molar-refractivity contribution in [3.63, 3.8) is 0 Å². The minimum atomic E-state index is -0.813. The molecular weight excluding hydrogens is 356 g/mol. The topological polar surface area (TPSA) is 36.4 Å². The molecule has 4 nitrogen and oxygen atoms in total. The molecule has 7 heteroatoms. The first-order chi connectivity index (χ1) is 12.6.